The molecule has 1 heterocycles. The Morgan fingerprint density at radius 2 is 2.21 bits per heavy atom. The van der Waals surface area contributed by atoms with E-state index >= 15 is 0 Å². The molecule has 0 radical (unpaired) electrons. The van der Waals surface area contributed by atoms with Gasteiger partial charge in [-0.25, -0.2) is 4.79 Å². The molecule has 1 amide bonds. The summed E-state index contributed by atoms with van der Waals surface area (Å²) in [5.41, 5.74) is -0.575. The van der Waals surface area contributed by atoms with Gasteiger partial charge in [-0.05, 0) is 20.8 Å². The van der Waals surface area contributed by atoms with E-state index in [2.05, 4.69) is 5.32 Å². The molecule has 1 aliphatic heterocycles. The van der Waals surface area contributed by atoms with Gasteiger partial charge in [0.05, 0.1) is 31.8 Å². The fraction of sp³-hybridized carbons (Fsp3) is 0.846. The number of ether oxygens (including phenoxy) is 3. The predicted octanol–water partition coefficient (Wildman–Crippen LogP) is 1.13. The van der Waals surface area contributed by atoms with Crippen LogP contribution >= 0.6 is 0 Å². The Bertz CT molecular complexity index is 323. The minimum Gasteiger partial charge on any atom is -0.444 e. The summed E-state index contributed by atoms with van der Waals surface area (Å²) in [4.78, 5) is 23.6. The van der Waals surface area contributed by atoms with Crippen LogP contribution in [0, 0.1) is 5.92 Å². The van der Waals surface area contributed by atoms with Gasteiger partial charge in [-0.3, -0.25) is 4.79 Å². The molecule has 110 valence electrons. The van der Waals surface area contributed by atoms with Crippen molar-refractivity contribution < 1.29 is 23.8 Å². The molecule has 2 atom stereocenters. The van der Waals surface area contributed by atoms with Gasteiger partial charge in [-0.2, -0.15) is 0 Å². The normalized spacial score (nSPS) is 21.9. The Morgan fingerprint density at radius 1 is 1.53 bits per heavy atom. The maximum atomic E-state index is 11.8. The van der Waals surface area contributed by atoms with Crippen LogP contribution in [0.3, 0.4) is 0 Å². The zero-order chi connectivity index (χ0) is 14.5. The maximum absolute atomic E-state index is 11.8. The van der Waals surface area contributed by atoms with E-state index in [1.807, 2.05) is 0 Å². The third-order valence-electron chi connectivity index (χ3n) is 2.74. The van der Waals surface area contributed by atoms with Crippen LogP contribution in [0.15, 0.2) is 0 Å². The molecule has 0 aromatic rings. The smallest absolute Gasteiger partial charge is 0.407 e. The Hall–Kier alpha value is -1.14. The lowest BCUT2D eigenvalue weighted by Gasteiger charge is -2.30. The maximum Gasteiger partial charge on any atom is 0.407 e. The first-order chi connectivity index (χ1) is 8.83. The first-order valence-corrected chi connectivity index (χ1v) is 6.42. The molecule has 6 heteroatoms. The molecule has 0 bridgehead atoms. The topological polar surface area (TPSA) is 73.9 Å². The average molecular weight is 273 g/mol. The Labute approximate surface area is 113 Å². The van der Waals surface area contributed by atoms with Crippen molar-refractivity contribution in [1.29, 1.82) is 0 Å². The zero-order valence-electron chi connectivity index (χ0n) is 12.0. The molecule has 0 aliphatic carbocycles. The van der Waals surface area contributed by atoms with Gasteiger partial charge in [-0.1, -0.05) is 0 Å². The Kier molecular flexibility index (Phi) is 5.75. The summed E-state index contributed by atoms with van der Waals surface area (Å²) >= 11 is 0. The van der Waals surface area contributed by atoms with E-state index in [-0.39, 0.29) is 18.3 Å². The van der Waals surface area contributed by atoms with Crippen molar-refractivity contribution in [3.05, 3.63) is 0 Å². The molecule has 1 aliphatic rings. The number of amides is 1. The number of nitrogens with one attached hydrogen (secondary N) is 1. The van der Waals surface area contributed by atoms with Crippen LogP contribution in [0.25, 0.3) is 0 Å². The minimum absolute atomic E-state index is 0.0874. The highest BCUT2D eigenvalue weighted by Gasteiger charge is 2.33. The number of hydrogen-bond acceptors (Lipinski definition) is 5. The molecule has 1 fully saturated rings. The third-order valence-corrected chi connectivity index (χ3v) is 2.74. The van der Waals surface area contributed by atoms with Crippen LogP contribution in [-0.4, -0.2) is 50.4 Å². The van der Waals surface area contributed by atoms with Gasteiger partial charge in [0.15, 0.2) is 0 Å². The molecule has 1 saturated heterocycles. The number of rotatable bonds is 4. The van der Waals surface area contributed by atoms with Crippen molar-refractivity contribution >= 4 is 11.9 Å². The summed E-state index contributed by atoms with van der Waals surface area (Å²) < 4.78 is 15.5. The lowest BCUT2D eigenvalue weighted by atomic mass is 9.93. The number of Topliss-reactive ketones (excluding diaryl/α,β-unsaturated/α-hetero) is 1. The van der Waals surface area contributed by atoms with Crippen molar-refractivity contribution in [2.75, 3.05) is 26.9 Å². The van der Waals surface area contributed by atoms with Gasteiger partial charge in [0, 0.05) is 13.5 Å². The summed E-state index contributed by atoms with van der Waals surface area (Å²) in [5, 5.41) is 2.69. The van der Waals surface area contributed by atoms with E-state index in [0.29, 0.717) is 19.6 Å². The van der Waals surface area contributed by atoms with E-state index in [9.17, 15) is 9.59 Å². The lowest BCUT2D eigenvalue weighted by molar-refractivity contribution is -0.132. The third kappa shape index (κ3) is 5.57. The van der Waals surface area contributed by atoms with Crippen molar-refractivity contribution in [1.82, 2.24) is 5.32 Å². The molecule has 1 N–H and O–H groups in total. The Morgan fingerprint density at radius 3 is 2.74 bits per heavy atom. The van der Waals surface area contributed by atoms with E-state index in [0.717, 1.165) is 0 Å². The first-order valence-electron chi connectivity index (χ1n) is 6.42. The van der Waals surface area contributed by atoms with Crippen LogP contribution in [0.1, 0.15) is 27.2 Å². The summed E-state index contributed by atoms with van der Waals surface area (Å²) in [6, 6.07) is -0.423. The first kappa shape index (κ1) is 15.9. The standard InChI is InChI=1S/C13H23NO5/c1-13(2,3)19-12(16)14-10(8-17-4)9-7-18-6-5-11(9)15/h9-10H,5-8H2,1-4H3,(H,14,16). The van der Waals surface area contributed by atoms with Gasteiger partial charge in [0.25, 0.3) is 0 Å². The van der Waals surface area contributed by atoms with Gasteiger partial charge >= 0.3 is 6.09 Å². The molecule has 0 aromatic carbocycles. The fourth-order valence-electron chi connectivity index (χ4n) is 1.90. The van der Waals surface area contributed by atoms with E-state index < -0.39 is 17.7 Å². The van der Waals surface area contributed by atoms with Gasteiger partial charge in [0.2, 0.25) is 0 Å². The van der Waals surface area contributed by atoms with Crippen LogP contribution in [0.2, 0.25) is 0 Å². The summed E-state index contributed by atoms with van der Waals surface area (Å²) in [6.07, 6.45) is -0.172. The van der Waals surface area contributed by atoms with E-state index in [1.165, 1.54) is 7.11 Å². The molecule has 0 saturated carbocycles. The molecule has 0 spiro atoms. The van der Waals surface area contributed by atoms with E-state index in [1.54, 1.807) is 20.8 Å². The highest BCUT2D eigenvalue weighted by atomic mass is 16.6. The number of methoxy groups -OCH3 is 1. The number of alkyl carbamates (subject to hydrolysis) is 1. The van der Waals surface area contributed by atoms with Gasteiger partial charge < -0.3 is 19.5 Å². The molecular weight excluding hydrogens is 250 g/mol. The van der Waals surface area contributed by atoms with Crippen molar-refractivity contribution in [2.24, 2.45) is 5.92 Å². The zero-order valence-corrected chi connectivity index (χ0v) is 12.0. The number of carbonyl (C=O) groups is 2. The minimum atomic E-state index is -0.575. The second-order valence-electron chi connectivity index (χ2n) is 5.61. The fourth-order valence-corrected chi connectivity index (χ4v) is 1.90. The highest BCUT2D eigenvalue weighted by Crippen LogP contribution is 2.15. The van der Waals surface area contributed by atoms with Crippen molar-refractivity contribution in [2.45, 2.75) is 38.8 Å². The highest BCUT2D eigenvalue weighted by molar-refractivity contribution is 5.83. The summed E-state index contributed by atoms with van der Waals surface area (Å²) in [6.45, 7) is 6.36. The molecule has 1 rings (SSSR count). The number of carbonyl (C=O) groups excluding carboxylic acids is 2. The van der Waals surface area contributed by atoms with E-state index in [4.69, 9.17) is 14.2 Å². The van der Waals surface area contributed by atoms with Crippen LogP contribution in [0.5, 0.6) is 0 Å². The van der Waals surface area contributed by atoms with Crippen LogP contribution < -0.4 is 5.32 Å². The second kappa shape index (κ2) is 6.86. The van der Waals surface area contributed by atoms with Crippen LogP contribution in [0.4, 0.5) is 4.79 Å². The van der Waals surface area contributed by atoms with Gasteiger partial charge in [-0.15, -0.1) is 0 Å². The number of ketones is 1. The molecular formula is C13H23NO5. The largest absolute Gasteiger partial charge is 0.444 e. The molecule has 19 heavy (non-hydrogen) atoms. The van der Waals surface area contributed by atoms with Crippen LogP contribution in [-0.2, 0) is 19.0 Å². The second-order valence-corrected chi connectivity index (χ2v) is 5.61. The van der Waals surface area contributed by atoms with Crippen molar-refractivity contribution in [3.63, 3.8) is 0 Å². The average Bonchev–Trinajstić information content (AvgIpc) is 2.26. The summed E-state index contributed by atoms with van der Waals surface area (Å²) in [5.74, 6) is -0.287. The predicted molar refractivity (Wildman–Crippen MR) is 69.0 cm³/mol. The number of hydrogen-bond donors (Lipinski definition) is 1. The molecule has 0 aromatic heterocycles. The monoisotopic (exact) mass is 273 g/mol. The Balaban J connectivity index is 2.61. The lowest BCUT2D eigenvalue weighted by Crippen LogP contribution is -2.50. The van der Waals surface area contributed by atoms with Crippen molar-refractivity contribution in [3.8, 4) is 0 Å². The molecule has 6 nitrogen and oxygen atoms in total. The quantitative estimate of drug-likeness (QED) is 0.831. The molecule has 2 unspecified atom stereocenters. The SMILES string of the molecule is COCC(NC(=O)OC(C)(C)C)C1COCCC1=O. The summed E-state index contributed by atoms with van der Waals surface area (Å²) in [7, 11) is 1.53. The van der Waals surface area contributed by atoms with Gasteiger partial charge in [0.1, 0.15) is 11.4 Å².